The lowest BCUT2D eigenvalue weighted by Crippen LogP contribution is -2.29. The molecule has 3 rings (SSSR count). The van der Waals surface area contributed by atoms with Gasteiger partial charge in [-0.3, -0.25) is 16.0 Å². The smallest absolute Gasteiger partial charge is 0.0931 e. The number of aromatic nitrogens is 2. The molecule has 3 N–H and O–H groups in total. The molecule has 2 aromatic rings. The van der Waals surface area contributed by atoms with Gasteiger partial charge in [-0.15, -0.1) is 11.3 Å². The van der Waals surface area contributed by atoms with E-state index in [4.69, 9.17) is 22.5 Å². The minimum absolute atomic E-state index is 0.0689. The van der Waals surface area contributed by atoms with Crippen molar-refractivity contribution >= 4 is 22.9 Å². The van der Waals surface area contributed by atoms with Crippen molar-refractivity contribution in [2.75, 3.05) is 0 Å². The molecule has 1 fully saturated rings. The van der Waals surface area contributed by atoms with Crippen molar-refractivity contribution in [3.8, 4) is 0 Å². The highest BCUT2D eigenvalue weighted by Gasteiger charge is 2.19. The fourth-order valence-electron chi connectivity index (χ4n) is 2.82. The molecule has 4 nitrogen and oxygen atoms in total. The van der Waals surface area contributed by atoms with Gasteiger partial charge < -0.3 is 0 Å². The minimum Gasteiger partial charge on any atom is -0.271 e. The maximum Gasteiger partial charge on any atom is 0.0931 e. The Labute approximate surface area is 127 Å². The molecule has 108 valence electrons. The summed E-state index contributed by atoms with van der Waals surface area (Å²) in [7, 11) is 0. The van der Waals surface area contributed by atoms with E-state index in [9.17, 15) is 0 Å². The van der Waals surface area contributed by atoms with Crippen LogP contribution in [0, 0.1) is 0 Å². The Bertz CT molecular complexity index is 559. The molecule has 0 saturated heterocycles. The Morgan fingerprint density at radius 2 is 2.20 bits per heavy atom. The number of hydrogen-bond acceptors (Lipinski definition) is 4. The second-order valence-electron chi connectivity index (χ2n) is 5.29. The van der Waals surface area contributed by atoms with Crippen LogP contribution in [0.2, 0.25) is 4.34 Å². The Kier molecular flexibility index (Phi) is 4.41. The predicted molar refractivity (Wildman–Crippen MR) is 82.8 cm³/mol. The number of nitrogens with zero attached hydrogens (tertiary/aromatic N) is 2. The van der Waals surface area contributed by atoms with Crippen LogP contribution < -0.4 is 11.3 Å². The van der Waals surface area contributed by atoms with Crippen LogP contribution in [0.4, 0.5) is 0 Å². The van der Waals surface area contributed by atoms with Crippen LogP contribution in [0.3, 0.4) is 0 Å². The van der Waals surface area contributed by atoms with E-state index < -0.39 is 0 Å². The molecule has 2 heterocycles. The van der Waals surface area contributed by atoms with Crippen LogP contribution in [-0.4, -0.2) is 9.78 Å². The normalized spacial score (nSPS) is 17.7. The Hall–Kier alpha value is -0.880. The molecule has 0 aromatic carbocycles. The van der Waals surface area contributed by atoms with Crippen molar-refractivity contribution < 1.29 is 0 Å². The van der Waals surface area contributed by atoms with E-state index in [1.807, 2.05) is 12.1 Å². The van der Waals surface area contributed by atoms with Gasteiger partial charge in [0.15, 0.2) is 0 Å². The monoisotopic (exact) mass is 310 g/mol. The van der Waals surface area contributed by atoms with Gasteiger partial charge >= 0.3 is 0 Å². The molecule has 6 heteroatoms. The fraction of sp³-hybridized carbons (Fsp3) is 0.500. The van der Waals surface area contributed by atoms with Crippen molar-refractivity contribution in [3.63, 3.8) is 0 Å². The molecule has 0 bridgehead atoms. The first-order chi connectivity index (χ1) is 9.76. The van der Waals surface area contributed by atoms with Crippen LogP contribution in [0.25, 0.3) is 0 Å². The molecular weight excluding hydrogens is 292 g/mol. The second kappa shape index (κ2) is 6.26. The van der Waals surface area contributed by atoms with Crippen molar-refractivity contribution in [3.05, 3.63) is 39.3 Å². The number of halogens is 1. The first kappa shape index (κ1) is 14.1. The summed E-state index contributed by atoms with van der Waals surface area (Å²) in [4.78, 5) is 1.15. The summed E-state index contributed by atoms with van der Waals surface area (Å²) in [5, 5.41) is 4.71. The molecule has 0 aliphatic heterocycles. The van der Waals surface area contributed by atoms with Crippen molar-refractivity contribution in [2.24, 2.45) is 5.84 Å². The molecular formula is C14H19ClN4S. The topological polar surface area (TPSA) is 55.9 Å². The Morgan fingerprint density at radius 1 is 1.40 bits per heavy atom. The molecule has 1 aliphatic rings. The predicted octanol–water partition coefficient (Wildman–Crippen LogP) is 3.46. The summed E-state index contributed by atoms with van der Waals surface area (Å²) in [5.74, 6) is 5.67. The van der Waals surface area contributed by atoms with E-state index in [0.29, 0.717) is 6.04 Å². The van der Waals surface area contributed by atoms with Crippen molar-refractivity contribution in [1.82, 2.24) is 15.2 Å². The van der Waals surface area contributed by atoms with E-state index in [0.717, 1.165) is 21.3 Å². The third-order valence-corrected chi connectivity index (χ3v) is 5.26. The van der Waals surface area contributed by atoms with Gasteiger partial charge in [0.2, 0.25) is 0 Å². The number of rotatable bonds is 5. The zero-order valence-electron chi connectivity index (χ0n) is 11.3. The van der Waals surface area contributed by atoms with E-state index in [1.54, 1.807) is 11.3 Å². The fourth-order valence-corrected chi connectivity index (χ4v) is 3.95. The number of hydrazine groups is 1. The Morgan fingerprint density at radius 3 is 2.85 bits per heavy atom. The molecule has 1 atom stereocenters. The second-order valence-corrected chi connectivity index (χ2v) is 7.04. The molecule has 20 heavy (non-hydrogen) atoms. The summed E-state index contributed by atoms with van der Waals surface area (Å²) in [5.41, 5.74) is 3.93. The van der Waals surface area contributed by atoms with Gasteiger partial charge in [-0.05, 0) is 31.0 Å². The maximum atomic E-state index is 5.98. The van der Waals surface area contributed by atoms with Gasteiger partial charge in [0, 0.05) is 17.5 Å². The van der Waals surface area contributed by atoms with Crippen LogP contribution in [0.15, 0.2) is 24.4 Å². The quantitative estimate of drug-likeness (QED) is 0.657. The van der Waals surface area contributed by atoms with Crippen molar-refractivity contribution in [2.45, 2.75) is 44.2 Å². The molecule has 1 unspecified atom stereocenters. The summed E-state index contributed by atoms with van der Waals surface area (Å²) >= 11 is 7.54. The summed E-state index contributed by atoms with van der Waals surface area (Å²) in [6.45, 7) is 0. The van der Waals surface area contributed by atoms with Crippen LogP contribution >= 0.6 is 22.9 Å². The first-order valence-corrected chi connectivity index (χ1v) is 8.21. The lowest BCUT2D eigenvalue weighted by Gasteiger charge is -2.13. The number of nitrogens with two attached hydrogens (primary N) is 1. The van der Waals surface area contributed by atoms with Gasteiger partial charge in [0.05, 0.1) is 22.1 Å². The number of nitrogens with one attached hydrogen (secondary N) is 1. The summed E-state index contributed by atoms with van der Waals surface area (Å²) < 4.78 is 2.91. The van der Waals surface area contributed by atoms with Gasteiger partial charge in [-0.2, -0.15) is 5.10 Å². The minimum atomic E-state index is 0.0689. The standard InChI is InChI=1S/C14H19ClN4S/c15-14-6-5-13(20-14)12(17-16)9-10-7-8-19(18-10)11-3-1-2-4-11/h5-8,11-12,17H,1-4,9,16H2. The average molecular weight is 311 g/mol. The molecule has 0 radical (unpaired) electrons. The van der Waals surface area contributed by atoms with Crippen LogP contribution in [0.1, 0.15) is 48.3 Å². The highest BCUT2D eigenvalue weighted by molar-refractivity contribution is 7.16. The van der Waals surface area contributed by atoms with E-state index in [2.05, 4.69) is 22.4 Å². The maximum absolute atomic E-state index is 5.98. The molecule has 0 amide bonds. The lowest BCUT2D eigenvalue weighted by atomic mass is 10.1. The molecule has 2 aromatic heterocycles. The van der Waals surface area contributed by atoms with Crippen LogP contribution in [0.5, 0.6) is 0 Å². The largest absolute Gasteiger partial charge is 0.271 e. The SMILES string of the molecule is NNC(Cc1ccn(C2CCCC2)n1)c1ccc(Cl)s1. The third-order valence-electron chi connectivity index (χ3n) is 3.91. The van der Waals surface area contributed by atoms with Gasteiger partial charge in [0.1, 0.15) is 0 Å². The summed E-state index contributed by atoms with van der Waals surface area (Å²) in [6, 6.07) is 6.68. The third kappa shape index (κ3) is 3.06. The van der Waals surface area contributed by atoms with E-state index in [1.165, 1.54) is 25.7 Å². The first-order valence-electron chi connectivity index (χ1n) is 7.01. The van der Waals surface area contributed by atoms with Crippen molar-refractivity contribution in [1.29, 1.82) is 0 Å². The van der Waals surface area contributed by atoms with Crippen LogP contribution in [-0.2, 0) is 6.42 Å². The average Bonchev–Trinajstić information content (AvgIpc) is 3.16. The number of hydrogen-bond donors (Lipinski definition) is 2. The number of thiophene rings is 1. The van der Waals surface area contributed by atoms with E-state index in [-0.39, 0.29) is 6.04 Å². The van der Waals surface area contributed by atoms with Gasteiger partial charge in [0.25, 0.3) is 0 Å². The highest BCUT2D eigenvalue weighted by Crippen LogP contribution is 2.30. The zero-order chi connectivity index (χ0) is 13.9. The lowest BCUT2D eigenvalue weighted by molar-refractivity contribution is 0.458. The molecule has 1 aliphatic carbocycles. The summed E-state index contributed by atoms with van der Waals surface area (Å²) in [6.07, 6.45) is 8.02. The zero-order valence-corrected chi connectivity index (χ0v) is 12.8. The van der Waals surface area contributed by atoms with Gasteiger partial charge in [-0.1, -0.05) is 24.4 Å². The highest BCUT2D eigenvalue weighted by atomic mass is 35.5. The molecule has 1 saturated carbocycles. The molecule has 0 spiro atoms. The Balaban J connectivity index is 1.69. The van der Waals surface area contributed by atoms with E-state index >= 15 is 0 Å². The van der Waals surface area contributed by atoms with Gasteiger partial charge in [-0.25, -0.2) is 0 Å².